The first-order valence-electron chi connectivity index (χ1n) is 7.19. The normalized spacial score (nSPS) is 12.5. The van der Waals surface area contributed by atoms with Crippen LogP contribution in [0.5, 0.6) is 11.5 Å². The predicted molar refractivity (Wildman–Crippen MR) is 88.2 cm³/mol. The van der Waals surface area contributed by atoms with Crippen LogP contribution in [0.2, 0.25) is 0 Å². The van der Waals surface area contributed by atoms with E-state index in [1.165, 1.54) is 0 Å². The topological polar surface area (TPSA) is 30.5 Å². The molecule has 0 bridgehead atoms. The van der Waals surface area contributed by atoms with Crippen LogP contribution in [0.4, 0.5) is 0 Å². The van der Waals surface area contributed by atoms with Gasteiger partial charge in [-0.25, -0.2) is 0 Å². The Bertz CT molecular complexity index is 374. The van der Waals surface area contributed by atoms with Crippen LogP contribution in [-0.2, 0) is 0 Å². The van der Waals surface area contributed by atoms with Crippen molar-refractivity contribution in [3.63, 3.8) is 0 Å². The monoisotopic (exact) mass is 297 g/mol. The second kappa shape index (κ2) is 9.14. The minimum absolute atomic E-state index is 0.244. The van der Waals surface area contributed by atoms with Crippen LogP contribution in [0.25, 0.3) is 0 Å². The average molecular weight is 297 g/mol. The van der Waals surface area contributed by atoms with Crippen molar-refractivity contribution in [2.75, 3.05) is 26.5 Å². The summed E-state index contributed by atoms with van der Waals surface area (Å²) in [4.78, 5) is 0. The zero-order chi connectivity index (χ0) is 15.0. The molecule has 1 unspecified atom stereocenters. The van der Waals surface area contributed by atoms with Gasteiger partial charge >= 0.3 is 0 Å². The number of hydrogen-bond acceptors (Lipinski definition) is 4. The first-order chi connectivity index (χ1) is 9.63. The number of rotatable bonds is 9. The SMILES string of the molecule is CCCNC(CSC(C)C)c1c(OC)cccc1OC. The Labute approximate surface area is 127 Å². The summed E-state index contributed by atoms with van der Waals surface area (Å²) in [5, 5.41) is 4.22. The van der Waals surface area contributed by atoms with Crippen molar-refractivity contribution in [1.29, 1.82) is 0 Å². The smallest absolute Gasteiger partial charge is 0.127 e. The molecule has 114 valence electrons. The molecule has 1 atom stereocenters. The van der Waals surface area contributed by atoms with Crippen molar-refractivity contribution in [1.82, 2.24) is 5.32 Å². The minimum Gasteiger partial charge on any atom is -0.496 e. The van der Waals surface area contributed by atoms with E-state index in [-0.39, 0.29) is 6.04 Å². The summed E-state index contributed by atoms with van der Waals surface area (Å²) in [5.41, 5.74) is 1.12. The number of nitrogens with one attached hydrogen (secondary N) is 1. The van der Waals surface area contributed by atoms with Crippen molar-refractivity contribution in [2.45, 2.75) is 38.5 Å². The maximum absolute atomic E-state index is 5.53. The number of methoxy groups -OCH3 is 2. The van der Waals surface area contributed by atoms with E-state index in [0.717, 1.165) is 35.8 Å². The highest BCUT2D eigenvalue weighted by Crippen LogP contribution is 2.36. The van der Waals surface area contributed by atoms with Gasteiger partial charge in [-0.05, 0) is 30.3 Å². The fourth-order valence-corrected chi connectivity index (χ4v) is 2.94. The second-order valence-corrected chi connectivity index (χ2v) is 6.57. The average Bonchev–Trinajstić information content (AvgIpc) is 2.46. The minimum atomic E-state index is 0.244. The molecule has 1 aromatic carbocycles. The molecule has 0 radical (unpaired) electrons. The van der Waals surface area contributed by atoms with E-state index >= 15 is 0 Å². The Kier molecular flexibility index (Phi) is 7.85. The van der Waals surface area contributed by atoms with Gasteiger partial charge < -0.3 is 14.8 Å². The fourth-order valence-electron chi connectivity index (χ4n) is 2.07. The Morgan fingerprint density at radius 3 is 2.20 bits per heavy atom. The van der Waals surface area contributed by atoms with Crippen molar-refractivity contribution in [2.24, 2.45) is 0 Å². The van der Waals surface area contributed by atoms with Crippen LogP contribution in [0.15, 0.2) is 18.2 Å². The van der Waals surface area contributed by atoms with Gasteiger partial charge in [-0.3, -0.25) is 0 Å². The summed E-state index contributed by atoms with van der Waals surface area (Å²) < 4.78 is 11.1. The number of ether oxygens (including phenoxy) is 2. The second-order valence-electron chi connectivity index (χ2n) is 4.97. The van der Waals surface area contributed by atoms with Gasteiger partial charge in [0.25, 0.3) is 0 Å². The highest BCUT2D eigenvalue weighted by Gasteiger charge is 2.20. The maximum atomic E-state index is 5.53. The molecule has 20 heavy (non-hydrogen) atoms. The third-order valence-corrected chi connectivity index (χ3v) is 4.24. The lowest BCUT2D eigenvalue weighted by Gasteiger charge is -2.24. The van der Waals surface area contributed by atoms with Crippen LogP contribution >= 0.6 is 11.8 Å². The molecule has 0 heterocycles. The summed E-state index contributed by atoms with van der Waals surface area (Å²) in [6.45, 7) is 7.62. The van der Waals surface area contributed by atoms with Crippen LogP contribution in [0.3, 0.4) is 0 Å². The summed E-state index contributed by atoms with van der Waals surface area (Å²) in [5.74, 6) is 2.79. The third kappa shape index (κ3) is 4.91. The van der Waals surface area contributed by atoms with Crippen LogP contribution in [-0.4, -0.2) is 31.8 Å². The molecule has 1 aromatic rings. The molecule has 0 aliphatic carbocycles. The van der Waals surface area contributed by atoms with Gasteiger partial charge in [0, 0.05) is 11.8 Å². The Hall–Kier alpha value is -0.870. The number of hydrogen-bond donors (Lipinski definition) is 1. The van der Waals surface area contributed by atoms with Crippen molar-refractivity contribution in [3.8, 4) is 11.5 Å². The van der Waals surface area contributed by atoms with E-state index in [0.29, 0.717) is 5.25 Å². The summed E-state index contributed by atoms with van der Waals surface area (Å²) in [6, 6.07) is 6.21. The molecule has 0 spiro atoms. The van der Waals surface area contributed by atoms with Crippen molar-refractivity contribution >= 4 is 11.8 Å². The molecule has 0 aliphatic rings. The van der Waals surface area contributed by atoms with Gasteiger partial charge in [0.1, 0.15) is 11.5 Å². The number of benzene rings is 1. The van der Waals surface area contributed by atoms with E-state index in [4.69, 9.17) is 9.47 Å². The van der Waals surface area contributed by atoms with E-state index in [9.17, 15) is 0 Å². The van der Waals surface area contributed by atoms with Gasteiger partial charge in [-0.1, -0.05) is 26.8 Å². The van der Waals surface area contributed by atoms with Gasteiger partial charge in [0.2, 0.25) is 0 Å². The van der Waals surface area contributed by atoms with Gasteiger partial charge in [-0.2, -0.15) is 11.8 Å². The first-order valence-corrected chi connectivity index (χ1v) is 8.24. The standard InChI is InChI=1S/C16H27NO2S/c1-6-10-17-13(11-20-12(2)3)16-14(18-4)8-7-9-15(16)19-5/h7-9,12-13,17H,6,10-11H2,1-5H3. The lowest BCUT2D eigenvalue weighted by Crippen LogP contribution is -2.25. The molecule has 0 amide bonds. The zero-order valence-corrected chi connectivity index (χ0v) is 14.0. The largest absolute Gasteiger partial charge is 0.496 e. The lowest BCUT2D eigenvalue weighted by molar-refractivity contribution is 0.374. The van der Waals surface area contributed by atoms with Gasteiger partial charge in [0.15, 0.2) is 0 Å². The maximum Gasteiger partial charge on any atom is 0.127 e. The highest BCUT2D eigenvalue weighted by atomic mass is 32.2. The molecule has 1 rings (SSSR count). The molecular weight excluding hydrogens is 270 g/mol. The molecule has 1 N–H and O–H groups in total. The molecule has 0 aliphatic heterocycles. The van der Waals surface area contributed by atoms with E-state index in [2.05, 4.69) is 26.1 Å². The zero-order valence-electron chi connectivity index (χ0n) is 13.2. The predicted octanol–water partition coefficient (Wildman–Crippen LogP) is 3.89. The van der Waals surface area contributed by atoms with E-state index < -0.39 is 0 Å². The van der Waals surface area contributed by atoms with Gasteiger partial charge in [-0.15, -0.1) is 0 Å². The quantitative estimate of drug-likeness (QED) is 0.749. The molecule has 4 heteroatoms. The third-order valence-electron chi connectivity index (χ3n) is 3.05. The lowest BCUT2D eigenvalue weighted by atomic mass is 10.1. The highest BCUT2D eigenvalue weighted by molar-refractivity contribution is 7.99. The summed E-state index contributed by atoms with van der Waals surface area (Å²) in [7, 11) is 3.43. The summed E-state index contributed by atoms with van der Waals surface area (Å²) >= 11 is 1.95. The van der Waals surface area contributed by atoms with E-state index in [1.54, 1.807) is 14.2 Å². The molecule has 3 nitrogen and oxygen atoms in total. The first kappa shape index (κ1) is 17.2. The molecule has 0 fully saturated rings. The molecular formula is C16H27NO2S. The fraction of sp³-hybridized carbons (Fsp3) is 0.625. The number of thioether (sulfide) groups is 1. The Morgan fingerprint density at radius 1 is 1.15 bits per heavy atom. The van der Waals surface area contributed by atoms with Crippen molar-refractivity contribution < 1.29 is 9.47 Å². The molecule has 0 aromatic heterocycles. The van der Waals surface area contributed by atoms with Crippen LogP contribution in [0.1, 0.15) is 38.8 Å². The van der Waals surface area contributed by atoms with Crippen molar-refractivity contribution in [3.05, 3.63) is 23.8 Å². The molecule has 0 saturated heterocycles. The Balaban J connectivity index is 3.03. The van der Waals surface area contributed by atoms with Crippen LogP contribution < -0.4 is 14.8 Å². The van der Waals surface area contributed by atoms with Gasteiger partial charge in [0.05, 0.1) is 19.8 Å². The van der Waals surface area contributed by atoms with Crippen LogP contribution in [0, 0.1) is 0 Å². The molecule has 0 saturated carbocycles. The Morgan fingerprint density at radius 2 is 1.75 bits per heavy atom. The van der Waals surface area contributed by atoms with E-state index in [1.807, 2.05) is 30.0 Å². The summed E-state index contributed by atoms with van der Waals surface area (Å²) in [6.07, 6.45) is 1.11.